The molecule has 1 amide bonds. The van der Waals surface area contributed by atoms with E-state index in [0.29, 0.717) is 24.8 Å². The third-order valence-corrected chi connectivity index (χ3v) is 5.35. The minimum Gasteiger partial charge on any atom is -0.478 e. The predicted molar refractivity (Wildman–Crippen MR) is 102 cm³/mol. The number of fused-ring (bicyclic) bond motifs is 3. The number of ether oxygens (including phenoxy) is 1. The summed E-state index contributed by atoms with van der Waals surface area (Å²) >= 11 is 0. The van der Waals surface area contributed by atoms with Gasteiger partial charge < -0.3 is 15.2 Å². The van der Waals surface area contributed by atoms with Gasteiger partial charge in [-0.25, -0.2) is 9.59 Å². The van der Waals surface area contributed by atoms with Gasteiger partial charge in [-0.3, -0.25) is 0 Å². The lowest BCUT2D eigenvalue weighted by Crippen LogP contribution is -2.37. The number of carboxylic acid groups (broad SMARTS) is 1. The van der Waals surface area contributed by atoms with E-state index < -0.39 is 12.1 Å². The van der Waals surface area contributed by atoms with Gasteiger partial charge in [0.05, 0.1) is 0 Å². The van der Waals surface area contributed by atoms with E-state index in [1.165, 1.54) is 22.3 Å². The minimum atomic E-state index is -0.880. The maximum Gasteiger partial charge on any atom is 0.407 e. The lowest BCUT2D eigenvalue weighted by Gasteiger charge is -2.22. The Hall–Kier alpha value is -3.08. The number of aliphatic carboxylic acids is 1. The zero-order chi connectivity index (χ0) is 18.8. The van der Waals surface area contributed by atoms with E-state index in [1.54, 1.807) is 6.08 Å². The van der Waals surface area contributed by atoms with Crippen LogP contribution in [-0.4, -0.2) is 29.8 Å². The molecule has 2 aliphatic carbocycles. The second-order valence-corrected chi connectivity index (χ2v) is 6.98. The molecule has 0 spiro atoms. The Bertz CT molecular complexity index is 873. The van der Waals surface area contributed by atoms with E-state index >= 15 is 0 Å². The SMILES string of the molecule is O=C(NC1CC=C(C(=O)O)CC1)OCC1c2ccccc2-c2ccccc21. The lowest BCUT2D eigenvalue weighted by atomic mass is 9.95. The van der Waals surface area contributed by atoms with Crippen LogP contribution in [0.1, 0.15) is 36.3 Å². The van der Waals surface area contributed by atoms with E-state index in [-0.39, 0.29) is 18.6 Å². The smallest absolute Gasteiger partial charge is 0.407 e. The standard InChI is InChI=1S/C22H21NO4/c24-21(25)14-9-11-15(12-10-14)23-22(26)27-13-20-18-7-3-1-5-16(18)17-6-2-4-8-19(17)20/h1-9,15,20H,10-13H2,(H,23,26)(H,24,25). The van der Waals surface area contributed by atoms with Gasteiger partial charge in [0.2, 0.25) is 0 Å². The fourth-order valence-corrected chi connectivity index (χ4v) is 3.97. The highest BCUT2D eigenvalue weighted by molar-refractivity contribution is 5.86. The van der Waals surface area contributed by atoms with Crippen molar-refractivity contribution in [3.05, 3.63) is 71.3 Å². The first-order valence-electron chi connectivity index (χ1n) is 9.17. The van der Waals surface area contributed by atoms with Crippen LogP contribution in [0.2, 0.25) is 0 Å². The molecular weight excluding hydrogens is 342 g/mol. The summed E-state index contributed by atoms with van der Waals surface area (Å²) in [4.78, 5) is 23.2. The molecular formula is C22H21NO4. The van der Waals surface area contributed by atoms with Crippen molar-refractivity contribution >= 4 is 12.1 Å². The number of carbonyl (C=O) groups is 2. The number of carbonyl (C=O) groups excluding carboxylic acids is 1. The fourth-order valence-electron chi connectivity index (χ4n) is 3.97. The first-order chi connectivity index (χ1) is 13.1. The number of hydrogen-bond donors (Lipinski definition) is 2. The van der Waals surface area contributed by atoms with Gasteiger partial charge >= 0.3 is 12.1 Å². The third-order valence-electron chi connectivity index (χ3n) is 5.35. The van der Waals surface area contributed by atoms with Crippen LogP contribution >= 0.6 is 0 Å². The summed E-state index contributed by atoms with van der Waals surface area (Å²) in [5, 5.41) is 11.8. The van der Waals surface area contributed by atoms with E-state index in [2.05, 4.69) is 29.6 Å². The summed E-state index contributed by atoms with van der Waals surface area (Å²) in [6.07, 6.45) is 2.83. The van der Waals surface area contributed by atoms with Crippen molar-refractivity contribution in [3.8, 4) is 11.1 Å². The number of nitrogens with one attached hydrogen (secondary N) is 1. The molecule has 0 saturated carbocycles. The van der Waals surface area contributed by atoms with Gasteiger partial charge in [-0.1, -0.05) is 54.6 Å². The first kappa shape index (κ1) is 17.3. The van der Waals surface area contributed by atoms with Crippen molar-refractivity contribution in [2.45, 2.75) is 31.2 Å². The van der Waals surface area contributed by atoms with Gasteiger partial charge in [-0.15, -0.1) is 0 Å². The fraction of sp³-hybridized carbons (Fsp3) is 0.273. The Balaban J connectivity index is 1.39. The van der Waals surface area contributed by atoms with Crippen LogP contribution in [0.4, 0.5) is 4.79 Å². The average Bonchev–Trinajstić information content (AvgIpc) is 3.01. The van der Waals surface area contributed by atoms with Crippen LogP contribution < -0.4 is 5.32 Å². The summed E-state index contributed by atoms with van der Waals surface area (Å²) in [6.45, 7) is 0.281. The van der Waals surface area contributed by atoms with Crippen LogP contribution in [-0.2, 0) is 9.53 Å². The highest BCUT2D eigenvalue weighted by Crippen LogP contribution is 2.44. The normalized spacial score (nSPS) is 18.2. The molecule has 0 saturated heterocycles. The molecule has 138 valence electrons. The topological polar surface area (TPSA) is 75.6 Å². The van der Waals surface area contributed by atoms with Gasteiger partial charge in [0.25, 0.3) is 0 Å². The summed E-state index contributed by atoms with van der Waals surface area (Å²) in [5.74, 6) is -0.845. The molecule has 2 aliphatic rings. The molecule has 0 bridgehead atoms. The van der Waals surface area contributed by atoms with Crippen molar-refractivity contribution < 1.29 is 19.4 Å². The van der Waals surface area contributed by atoms with Crippen LogP contribution in [0.5, 0.6) is 0 Å². The average molecular weight is 363 g/mol. The van der Waals surface area contributed by atoms with E-state index in [1.807, 2.05) is 24.3 Å². The lowest BCUT2D eigenvalue weighted by molar-refractivity contribution is -0.132. The van der Waals surface area contributed by atoms with Crippen LogP contribution in [0.15, 0.2) is 60.2 Å². The van der Waals surface area contributed by atoms with Gasteiger partial charge in [0.1, 0.15) is 6.61 Å². The molecule has 5 nitrogen and oxygen atoms in total. The number of amides is 1. The molecule has 2 N–H and O–H groups in total. The van der Waals surface area contributed by atoms with Crippen molar-refractivity contribution in [3.63, 3.8) is 0 Å². The van der Waals surface area contributed by atoms with Crippen molar-refractivity contribution in [2.24, 2.45) is 0 Å². The maximum atomic E-state index is 12.2. The van der Waals surface area contributed by atoms with E-state index in [9.17, 15) is 9.59 Å². The largest absolute Gasteiger partial charge is 0.478 e. The maximum absolute atomic E-state index is 12.2. The molecule has 0 fully saturated rings. The Labute approximate surface area is 157 Å². The first-order valence-corrected chi connectivity index (χ1v) is 9.17. The molecule has 1 unspecified atom stereocenters. The van der Waals surface area contributed by atoms with E-state index in [0.717, 1.165) is 0 Å². The number of benzene rings is 2. The van der Waals surface area contributed by atoms with Gasteiger partial charge in [0.15, 0.2) is 0 Å². The number of rotatable bonds is 4. The Kier molecular flexibility index (Phi) is 4.67. The summed E-state index contributed by atoms with van der Waals surface area (Å²) in [5.41, 5.74) is 5.17. The monoisotopic (exact) mass is 363 g/mol. The number of alkyl carbamates (subject to hydrolysis) is 1. The summed E-state index contributed by atoms with van der Waals surface area (Å²) in [6, 6.07) is 16.3. The second-order valence-electron chi connectivity index (χ2n) is 6.98. The van der Waals surface area contributed by atoms with Crippen LogP contribution in [0, 0.1) is 0 Å². The van der Waals surface area contributed by atoms with Gasteiger partial charge in [-0.05, 0) is 41.5 Å². The quantitative estimate of drug-likeness (QED) is 0.858. The van der Waals surface area contributed by atoms with Gasteiger partial charge in [0, 0.05) is 17.5 Å². The zero-order valence-corrected chi connectivity index (χ0v) is 14.9. The minimum absolute atomic E-state index is 0.0352. The van der Waals surface area contributed by atoms with Crippen molar-refractivity contribution in [1.82, 2.24) is 5.32 Å². The summed E-state index contributed by atoms with van der Waals surface area (Å²) in [7, 11) is 0. The highest BCUT2D eigenvalue weighted by atomic mass is 16.5. The predicted octanol–water partition coefficient (Wildman–Crippen LogP) is 4.09. The van der Waals surface area contributed by atoms with Crippen LogP contribution in [0.3, 0.4) is 0 Å². The molecule has 0 aliphatic heterocycles. The van der Waals surface area contributed by atoms with Crippen molar-refractivity contribution in [1.29, 1.82) is 0 Å². The number of carboxylic acids is 1. The highest BCUT2D eigenvalue weighted by Gasteiger charge is 2.29. The molecule has 2 aromatic rings. The molecule has 0 aromatic heterocycles. The Morgan fingerprint density at radius 1 is 1.04 bits per heavy atom. The van der Waals surface area contributed by atoms with Crippen LogP contribution in [0.25, 0.3) is 11.1 Å². The molecule has 5 heteroatoms. The molecule has 0 heterocycles. The van der Waals surface area contributed by atoms with Gasteiger partial charge in [-0.2, -0.15) is 0 Å². The molecule has 0 radical (unpaired) electrons. The van der Waals surface area contributed by atoms with Crippen molar-refractivity contribution in [2.75, 3.05) is 6.61 Å². The zero-order valence-electron chi connectivity index (χ0n) is 14.9. The summed E-state index contributed by atoms with van der Waals surface area (Å²) < 4.78 is 5.53. The number of hydrogen-bond acceptors (Lipinski definition) is 3. The Morgan fingerprint density at radius 2 is 1.67 bits per heavy atom. The Morgan fingerprint density at radius 3 is 2.22 bits per heavy atom. The molecule has 27 heavy (non-hydrogen) atoms. The molecule has 2 aromatic carbocycles. The second kappa shape index (κ2) is 7.27. The van der Waals surface area contributed by atoms with E-state index in [4.69, 9.17) is 9.84 Å². The third kappa shape index (κ3) is 3.45. The molecule has 1 atom stereocenters. The molecule has 4 rings (SSSR count).